The number of ketones is 2. The van der Waals surface area contributed by atoms with Gasteiger partial charge in [0, 0.05) is 37.2 Å². The minimum Gasteiger partial charge on any atom is -0.371 e. The van der Waals surface area contributed by atoms with E-state index >= 15 is 0 Å². The van der Waals surface area contributed by atoms with E-state index in [0.29, 0.717) is 29.2 Å². The van der Waals surface area contributed by atoms with Crippen molar-refractivity contribution in [3.8, 4) is 0 Å². The minimum absolute atomic E-state index is 0.0321. The molecule has 4 heteroatoms. The molecule has 0 aromatic heterocycles. The lowest BCUT2D eigenvalue weighted by Gasteiger charge is -2.28. The molecule has 1 heterocycles. The third-order valence-corrected chi connectivity index (χ3v) is 3.33. The molecule has 0 amide bonds. The van der Waals surface area contributed by atoms with Gasteiger partial charge in [0.2, 0.25) is 0 Å². The number of hydrogen-bond donors (Lipinski definition) is 0. The number of hydrogen-bond acceptors (Lipinski definition) is 3. The Labute approximate surface area is 105 Å². The summed E-state index contributed by atoms with van der Waals surface area (Å²) in [5.41, 5.74) is 1.52. The zero-order valence-electron chi connectivity index (χ0n) is 9.70. The summed E-state index contributed by atoms with van der Waals surface area (Å²) >= 11 is 6.06. The van der Waals surface area contributed by atoms with Gasteiger partial charge in [0.15, 0.2) is 5.78 Å². The average molecular weight is 252 g/mol. The smallest absolute Gasteiger partial charge is 0.161 e. The topological polar surface area (TPSA) is 37.4 Å². The number of carbonyl (C=O) groups excluding carboxylic acids is 2. The van der Waals surface area contributed by atoms with E-state index in [2.05, 4.69) is 4.90 Å². The molecule has 1 saturated heterocycles. The Morgan fingerprint density at radius 1 is 1.29 bits per heavy atom. The fraction of sp³-hybridized carbons (Fsp3) is 0.385. The first-order valence-corrected chi connectivity index (χ1v) is 6.03. The van der Waals surface area contributed by atoms with Gasteiger partial charge in [0.05, 0.1) is 5.02 Å². The highest BCUT2D eigenvalue weighted by molar-refractivity contribution is 6.34. The van der Waals surface area contributed by atoms with Gasteiger partial charge in [-0.15, -0.1) is 0 Å². The normalized spacial score (nSPS) is 16.1. The molecule has 1 aromatic carbocycles. The molecule has 0 bridgehead atoms. The van der Waals surface area contributed by atoms with Gasteiger partial charge in [0.1, 0.15) is 5.78 Å². The number of benzene rings is 1. The zero-order chi connectivity index (χ0) is 12.4. The summed E-state index contributed by atoms with van der Waals surface area (Å²) in [6.45, 7) is 2.96. The van der Waals surface area contributed by atoms with Crippen molar-refractivity contribution in [3.63, 3.8) is 0 Å². The second-order valence-electron chi connectivity index (χ2n) is 4.25. The number of rotatable bonds is 2. The summed E-state index contributed by atoms with van der Waals surface area (Å²) in [5.74, 6) is 0.281. The SMILES string of the molecule is CC(=O)c1ccc(N2CCC(=O)CC2)cc1Cl. The molecule has 0 N–H and O–H groups in total. The molecule has 3 nitrogen and oxygen atoms in total. The lowest BCUT2D eigenvalue weighted by molar-refractivity contribution is -0.119. The quantitative estimate of drug-likeness (QED) is 0.759. The second-order valence-corrected chi connectivity index (χ2v) is 4.65. The van der Waals surface area contributed by atoms with Crippen molar-refractivity contribution in [1.29, 1.82) is 0 Å². The first-order valence-electron chi connectivity index (χ1n) is 5.65. The summed E-state index contributed by atoms with van der Waals surface area (Å²) in [4.78, 5) is 24.5. The van der Waals surface area contributed by atoms with Crippen LogP contribution in [-0.4, -0.2) is 24.7 Å². The highest BCUT2D eigenvalue weighted by atomic mass is 35.5. The Morgan fingerprint density at radius 2 is 1.94 bits per heavy atom. The van der Waals surface area contributed by atoms with Crippen LogP contribution in [0.15, 0.2) is 18.2 Å². The van der Waals surface area contributed by atoms with E-state index in [1.165, 1.54) is 6.92 Å². The maximum atomic E-state index is 11.3. The van der Waals surface area contributed by atoms with E-state index in [0.717, 1.165) is 18.8 Å². The van der Waals surface area contributed by atoms with E-state index in [9.17, 15) is 9.59 Å². The number of halogens is 1. The van der Waals surface area contributed by atoms with Crippen molar-refractivity contribution in [2.45, 2.75) is 19.8 Å². The maximum Gasteiger partial charge on any atom is 0.161 e. The fourth-order valence-corrected chi connectivity index (χ4v) is 2.31. The van der Waals surface area contributed by atoms with E-state index in [-0.39, 0.29) is 5.78 Å². The highest BCUT2D eigenvalue weighted by Gasteiger charge is 2.17. The first kappa shape index (κ1) is 12.1. The average Bonchev–Trinajstić information content (AvgIpc) is 2.29. The Kier molecular flexibility index (Phi) is 3.48. The number of anilines is 1. The molecule has 90 valence electrons. The molecular weight excluding hydrogens is 238 g/mol. The van der Waals surface area contributed by atoms with E-state index < -0.39 is 0 Å². The number of piperidine rings is 1. The molecule has 1 aliphatic heterocycles. The Morgan fingerprint density at radius 3 is 2.47 bits per heavy atom. The van der Waals surface area contributed by atoms with Crippen LogP contribution >= 0.6 is 11.6 Å². The fourth-order valence-electron chi connectivity index (χ4n) is 2.00. The number of nitrogens with zero attached hydrogens (tertiary/aromatic N) is 1. The third-order valence-electron chi connectivity index (χ3n) is 3.02. The van der Waals surface area contributed by atoms with Gasteiger partial charge in [-0.05, 0) is 25.1 Å². The Bertz CT molecular complexity index is 460. The van der Waals surface area contributed by atoms with Crippen LogP contribution in [-0.2, 0) is 4.79 Å². The van der Waals surface area contributed by atoms with Crippen LogP contribution in [0, 0.1) is 0 Å². The number of Topliss-reactive ketones (excluding diaryl/α,β-unsaturated/α-hetero) is 2. The summed E-state index contributed by atoms with van der Waals surface area (Å²) in [7, 11) is 0. The summed E-state index contributed by atoms with van der Waals surface area (Å²) in [6, 6.07) is 5.43. The largest absolute Gasteiger partial charge is 0.371 e. The number of carbonyl (C=O) groups is 2. The third kappa shape index (κ3) is 2.67. The standard InChI is InChI=1S/C13H14ClNO2/c1-9(16)12-3-2-10(8-13(12)14)15-6-4-11(17)5-7-15/h2-3,8H,4-7H2,1H3. The monoisotopic (exact) mass is 251 g/mol. The van der Waals surface area contributed by atoms with E-state index in [4.69, 9.17) is 11.6 Å². The van der Waals surface area contributed by atoms with Crippen molar-refractivity contribution < 1.29 is 9.59 Å². The molecule has 1 fully saturated rings. The molecule has 0 spiro atoms. The summed E-state index contributed by atoms with van der Waals surface area (Å²) < 4.78 is 0. The molecule has 0 radical (unpaired) electrons. The van der Waals surface area contributed by atoms with Crippen molar-refractivity contribution in [3.05, 3.63) is 28.8 Å². The van der Waals surface area contributed by atoms with Crippen LogP contribution in [0.25, 0.3) is 0 Å². The van der Waals surface area contributed by atoms with Crippen molar-refractivity contribution in [2.24, 2.45) is 0 Å². The van der Waals surface area contributed by atoms with Crippen molar-refractivity contribution in [1.82, 2.24) is 0 Å². The second kappa shape index (κ2) is 4.88. The van der Waals surface area contributed by atoms with Gasteiger partial charge >= 0.3 is 0 Å². The molecule has 0 unspecified atom stereocenters. The predicted octanol–water partition coefficient (Wildman–Crippen LogP) is 2.71. The highest BCUT2D eigenvalue weighted by Crippen LogP contribution is 2.25. The van der Waals surface area contributed by atoms with Gasteiger partial charge in [-0.1, -0.05) is 11.6 Å². The molecule has 0 aliphatic carbocycles. The van der Waals surface area contributed by atoms with Gasteiger partial charge in [0.25, 0.3) is 0 Å². The van der Waals surface area contributed by atoms with E-state index in [1.807, 2.05) is 6.07 Å². The van der Waals surface area contributed by atoms with Gasteiger partial charge < -0.3 is 4.90 Å². The molecule has 0 atom stereocenters. The molecule has 1 aliphatic rings. The van der Waals surface area contributed by atoms with Crippen molar-refractivity contribution in [2.75, 3.05) is 18.0 Å². The van der Waals surface area contributed by atoms with Crippen LogP contribution < -0.4 is 4.90 Å². The van der Waals surface area contributed by atoms with Gasteiger partial charge in [-0.2, -0.15) is 0 Å². The Hall–Kier alpha value is -1.35. The predicted molar refractivity (Wildman–Crippen MR) is 67.9 cm³/mol. The van der Waals surface area contributed by atoms with Gasteiger partial charge in [-0.3, -0.25) is 9.59 Å². The van der Waals surface area contributed by atoms with Crippen LogP contribution in [0.2, 0.25) is 5.02 Å². The molecule has 0 saturated carbocycles. The molecular formula is C13H14ClNO2. The molecule has 17 heavy (non-hydrogen) atoms. The van der Waals surface area contributed by atoms with Crippen LogP contribution in [0.3, 0.4) is 0 Å². The van der Waals surface area contributed by atoms with Crippen LogP contribution in [0.4, 0.5) is 5.69 Å². The van der Waals surface area contributed by atoms with Crippen LogP contribution in [0.5, 0.6) is 0 Å². The van der Waals surface area contributed by atoms with Crippen LogP contribution in [0.1, 0.15) is 30.1 Å². The van der Waals surface area contributed by atoms with Gasteiger partial charge in [-0.25, -0.2) is 0 Å². The summed E-state index contributed by atoms with van der Waals surface area (Å²) in [6.07, 6.45) is 1.18. The minimum atomic E-state index is -0.0321. The first-order chi connectivity index (χ1) is 8.08. The zero-order valence-corrected chi connectivity index (χ0v) is 10.5. The lowest BCUT2D eigenvalue weighted by Crippen LogP contribution is -2.33. The lowest BCUT2D eigenvalue weighted by atomic mass is 10.1. The van der Waals surface area contributed by atoms with E-state index in [1.54, 1.807) is 12.1 Å². The molecule has 2 rings (SSSR count). The Balaban J connectivity index is 2.20. The molecule has 1 aromatic rings. The summed E-state index contributed by atoms with van der Waals surface area (Å²) in [5, 5.41) is 0.479. The van der Waals surface area contributed by atoms with Crippen molar-refractivity contribution >= 4 is 28.9 Å². The maximum absolute atomic E-state index is 11.3.